The molecule has 15 heteroatoms. The van der Waals surface area contributed by atoms with Gasteiger partial charge in [-0.3, -0.25) is 14.4 Å². The minimum absolute atomic E-state index is 0.0403. The van der Waals surface area contributed by atoms with Gasteiger partial charge in [0, 0.05) is 51.4 Å². The number of nitrogens with zero attached hydrogens (tertiary/aromatic N) is 9. The number of carbonyl (C=O) groups excluding carboxylic acids is 3. The van der Waals surface area contributed by atoms with Crippen molar-refractivity contribution >= 4 is 73.9 Å². The number of primary amides is 1. The molecule has 8 rings (SSSR count). The monoisotopic (exact) mass is 766 g/mol. The molecular weight excluding hydrogens is 721 g/mol. The fourth-order valence-corrected chi connectivity index (χ4v) is 6.79. The highest BCUT2D eigenvalue weighted by atomic mass is 16.2. The predicted octanol–water partition coefficient (Wildman–Crippen LogP) is 6.26. The summed E-state index contributed by atoms with van der Waals surface area (Å²) in [6, 6.07) is 13.6. The summed E-state index contributed by atoms with van der Waals surface area (Å²) in [7, 11) is 7.76. The largest absolute Gasteiger partial charge is 0.364 e. The van der Waals surface area contributed by atoms with Crippen molar-refractivity contribution in [3.8, 4) is 6.07 Å². The van der Waals surface area contributed by atoms with Gasteiger partial charge in [0.25, 0.3) is 5.91 Å². The minimum Gasteiger partial charge on any atom is -0.364 e. The summed E-state index contributed by atoms with van der Waals surface area (Å²) in [6.45, 7) is 4.07. The van der Waals surface area contributed by atoms with Crippen molar-refractivity contribution in [2.24, 2.45) is 31.7 Å². The lowest BCUT2D eigenvalue weighted by Crippen LogP contribution is -2.18. The number of carbonyl (C=O) groups is 3. The number of amides is 3. The van der Waals surface area contributed by atoms with Crippen molar-refractivity contribution < 1.29 is 14.4 Å². The number of imidazole rings is 2. The highest BCUT2D eigenvalue weighted by molar-refractivity contribution is 6.04. The summed E-state index contributed by atoms with van der Waals surface area (Å²) in [6.07, 6.45) is 12.2. The summed E-state index contributed by atoms with van der Waals surface area (Å²) >= 11 is 0. The van der Waals surface area contributed by atoms with Crippen LogP contribution in [0.15, 0.2) is 61.4 Å². The Morgan fingerprint density at radius 1 is 0.737 bits per heavy atom. The number of hydrogen-bond donors (Lipinski definition) is 3. The molecule has 6 aromatic rings. The molecule has 0 atom stereocenters. The SMILES string of the molecule is CCc1cc(C#N)ncc1N(C)c1cc(NC(=O)C2CC2)c2ncn(C)c2c1.CCc1cc(C(N)=O)ncc1N(C)c1cc(NC(=O)C2CC2)c2ncn(C)c2c1. The molecule has 57 heavy (non-hydrogen) atoms. The minimum atomic E-state index is -0.546. The molecule has 3 amide bonds. The number of benzene rings is 2. The molecule has 0 saturated heterocycles. The fraction of sp³-hybridized carbons (Fsp3) is 0.333. The van der Waals surface area contributed by atoms with Gasteiger partial charge in [0.05, 0.1) is 58.8 Å². The van der Waals surface area contributed by atoms with Crippen LogP contribution in [0.1, 0.15) is 66.8 Å². The first kappa shape index (κ1) is 38.5. The molecule has 2 saturated carbocycles. The Kier molecular flexibility index (Phi) is 10.6. The van der Waals surface area contributed by atoms with E-state index >= 15 is 0 Å². The Morgan fingerprint density at radius 3 is 1.61 bits per heavy atom. The maximum Gasteiger partial charge on any atom is 0.267 e. The average molecular weight is 767 g/mol. The molecule has 0 unspecified atom stereocenters. The van der Waals surface area contributed by atoms with Crippen LogP contribution in [0.5, 0.6) is 0 Å². The van der Waals surface area contributed by atoms with E-state index in [1.807, 2.05) is 84.4 Å². The maximum absolute atomic E-state index is 12.4. The number of anilines is 6. The van der Waals surface area contributed by atoms with Gasteiger partial charge in [-0.05, 0) is 86.1 Å². The summed E-state index contributed by atoms with van der Waals surface area (Å²) in [4.78, 5) is 57.6. The quantitative estimate of drug-likeness (QED) is 0.135. The molecular formula is C42H46N12O3. The summed E-state index contributed by atoms with van der Waals surface area (Å²) in [5, 5.41) is 15.2. The highest BCUT2D eigenvalue weighted by Crippen LogP contribution is 2.37. The Hall–Kier alpha value is -6.82. The lowest BCUT2D eigenvalue weighted by atomic mass is 10.1. The Bertz CT molecular complexity index is 2580. The van der Waals surface area contributed by atoms with Crippen LogP contribution in [-0.2, 0) is 36.5 Å². The van der Waals surface area contributed by atoms with Crippen LogP contribution in [0.4, 0.5) is 34.1 Å². The van der Waals surface area contributed by atoms with Gasteiger partial charge >= 0.3 is 0 Å². The van der Waals surface area contributed by atoms with Crippen LogP contribution >= 0.6 is 0 Å². The van der Waals surface area contributed by atoms with Crippen LogP contribution in [0.3, 0.4) is 0 Å². The van der Waals surface area contributed by atoms with Gasteiger partial charge in [0.1, 0.15) is 28.5 Å². The van der Waals surface area contributed by atoms with E-state index in [4.69, 9.17) is 11.0 Å². The summed E-state index contributed by atoms with van der Waals surface area (Å²) in [5.74, 6) is -0.225. The zero-order valence-corrected chi connectivity index (χ0v) is 33.0. The first-order chi connectivity index (χ1) is 27.4. The van der Waals surface area contributed by atoms with Crippen LogP contribution in [0.25, 0.3) is 22.1 Å². The van der Waals surface area contributed by atoms with Crippen molar-refractivity contribution in [2.75, 3.05) is 34.5 Å². The van der Waals surface area contributed by atoms with E-state index in [0.29, 0.717) is 11.4 Å². The number of aromatic nitrogens is 6. The third-order valence-corrected chi connectivity index (χ3v) is 10.6. The van der Waals surface area contributed by atoms with Crippen LogP contribution in [-0.4, -0.2) is 60.9 Å². The smallest absolute Gasteiger partial charge is 0.267 e. The van der Waals surface area contributed by atoms with Crippen molar-refractivity contribution in [1.82, 2.24) is 29.1 Å². The standard InChI is InChI=1S/C21H24N6O2.C21H22N6O/c1-4-12-7-16(20(22)28)23-10-18(12)27(3)14-8-15(25-21(29)13-5-6-13)19-17(9-14)26(2)11-24-19;1-4-13-7-15(10-22)23-11-19(13)27(3)16-8-17(25-21(28)14-5-6-14)20-18(9-16)26(2)12-24-20/h7-11,13H,4-6H2,1-3H3,(H2,22,28)(H,25,29);7-9,11-12,14H,4-6H2,1-3H3,(H,25,28). The molecule has 0 radical (unpaired) electrons. The van der Waals surface area contributed by atoms with Gasteiger partial charge in [-0.25, -0.2) is 19.9 Å². The molecule has 4 N–H and O–H groups in total. The normalized spacial score (nSPS) is 13.4. The fourth-order valence-electron chi connectivity index (χ4n) is 6.79. The van der Waals surface area contributed by atoms with E-state index in [-0.39, 0.29) is 29.3 Å². The van der Waals surface area contributed by atoms with E-state index in [2.05, 4.69) is 43.6 Å². The van der Waals surface area contributed by atoms with Crippen molar-refractivity contribution in [3.05, 3.63) is 84.0 Å². The Balaban J connectivity index is 0.000000174. The first-order valence-corrected chi connectivity index (χ1v) is 19.1. The number of pyridine rings is 2. The third kappa shape index (κ3) is 7.97. The van der Waals surface area contributed by atoms with Gasteiger partial charge in [0.2, 0.25) is 11.8 Å². The predicted molar refractivity (Wildman–Crippen MR) is 221 cm³/mol. The van der Waals surface area contributed by atoms with Gasteiger partial charge in [-0.1, -0.05) is 13.8 Å². The van der Waals surface area contributed by atoms with Gasteiger partial charge in [0.15, 0.2) is 0 Å². The molecule has 4 aromatic heterocycles. The zero-order valence-electron chi connectivity index (χ0n) is 33.0. The first-order valence-electron chi connectivity index (χ1n) is 19.1. The molecule has 2 fully saturated rings. The molecule has 2 aliphatic rings. The Morgan fingerprint density at radius 2 is 1.19 bits per heavy atom. The van der Waals surface area contributed by atoms with Crippen LogP contribution < -0.4 is 26.2 Å². The third-order valence-electron chi connectivity index (χ3n) is 10.6. The van der Waals surface area contributed by atoms with Gasteiger partial charge < -0.3 is 35.3 Å². The second kappa shape index (κ2) is 15.7. The van der Waals surface area contributed by atoms with Gasteiger partial charge in [-0.15, -0.1) is 0 Å². The van der Waals surface area contributed by atoms with E-state index in [9.17, 15) is 14.4 Å². The van der Waals surface area contributed by atoms with E-state index in [1.165, 1.54) is 0 Å². The lowest BCUT2D eigenvalue weighted by molar-refractivity contribution is -0.118. The molecule has 0 aliphatic heterocycles. The Labute approximate surface area is 330 Å². The number of nitriles is 1. The van der Waals surface area contributed by atoms with Crippen molar-refractivity contribution in [2.45, 2.75) is 52.4 Å². The topological polar surface area (TPSA) is 193 Å². The molecule has 0 spiro atoms. The molecule has 292 valence electrons. The average Bonchev–Trinajstić information content (AvgIpc) is 4.17. The lowest BCUT2D eigenvalue weighted by Gasteiger charge is -2.23. The number of nitrogens with one attached hydrogen (secondary N) is 2. The molecule has 2 aromatic carbocycles. The number of nitrogens with two attached hydrogens (primary N) is 1. The number of hydrogen-bond acceptors (Lipinski definition) is 10. The molecule has 4 heterocycles. The maximum atomic E-state index is 12.4. The van der Waals surface area contributed by atoms with Crippen LogP contribution in [0, 0.1) is 23.2 Å². The van der Waals surface area contributed by atoms with E-state index in [0.717, 1.165) is 100 Å². The second-order valence-electron chi connectivity index (χ2n) is 14.7. The van der Waals surface area contributed by atoms with E-state index < -0.39 is 5.91 Å². The highest BCUT2D eigenvalue weighted by Gasteiger charge is 2.31. The number of aryl methyl sites for hydroxylation is 4. The summed E-state index contributed by atoms with van der Waals surface area (Å²) in [5.41, 5.74) is 16.5. The van der Waals surface area contributed by atoms with Crippen LogP contribution in [0.2, 0.25) is 0 Å². The number of fused-ring (bicyclic) bond motifs is 2. The van der Waals surface area contributed by atoms with E-state index in [1.54, 1.807) is 31.1 Å². The zero-order chi connectivity index (χ0) is 40.5. The molecule has 15 nitrogen and oxygen atoms in total. The van der Waals surface area contributed by atoms with Crippen molar-refractivity contribution in [3.63, 3.8) is 0 Å². The van der Waals surface area contributed by atoms with Crippen molar-refractivity contribution in [1.29, 1.82) is 5.26 Å². The second-order valence-corrected chi connectivity index (χ2v) is 14.7. The molecule has 2 aliphatic carbocycles. The van der Waals surface area contributed by atoms with Gasteiger partial charge in [-0.2, -0.15) is 5.26 Å². The molecule has 0 bridgehead atoms. The summed E-state index contributed by atoms with van der Waals surface area (Å²) < 4.78 is 3.87. The number of rotatable bonds is 11.